The third kappa shape index (κ3) is 3.41. The second-order valence-electron chi connectivity index (χ2n) is 6.72. The summed E-state index contributed by atoms with van der Waals surface area (Å²) in [7, 11) is -3.81. The van der Waals surface area contributed by atoms with E-state index in [2.05, 4.69) is 10.6 Å². The van der Waals surface area contributed by atoms with E-state index < -0.39 is 27.7 Å². The molecule has 0 aromatic heterocycles. The van der Waals surface area contributed by atoms with Crippen molar-refractivity contribution in [2.45, 2.75) is 17.7 Å². The van der Waals surface area contributed by atoms with Crippen LogP contribution in [0.3, 0.4) is 0 Å². The van der Waals surface area contributed by atoms with Crippen molar-refractivity contribution in [3.8, 4) is 0 Å². The molecule has 1 fully saturated rings. The van der Waals surface area contributed by atoms with Crippen LogP contribution in [0.4, 0.5) is 5.69 Å². The number of nitrogens with one attached hydrogen (secondary N) is 2. The molecule has 2 heterocycles. The average Bonchev–Trinajstić information content (AvgIpc) is 3.32. The minimum absolute atomic E-state index is 0.0269. The second kappa shape index (κ2) is 7.25. The zero-order valence-corrected chi connectivity index (χ0v) is 16.6. The van der Waals surface area contributed by atoms with Crippen molar-refractivity contribution in [1.82, 2.24) is 9.62 Å². The number of benzene rings is 2. The lowest BCUT2D eigenvalue weighted by atomic mass is 10.1. The number of anilines is 1. The number of hydrogen-bond donors (Lipinski definition) is 2. The van der Waals surface area contributed by atoms with Crippen LogP contribution in [-0.4, -0.2) is 43.5 Å². The van der Waals surface area contributed by atoms with E-state index in [1.54, 1.807) is 0 Å². The number of fused-ring (bicyclic) bond motifs is 1. The highest BCUT2D eigenvalue weighted by Crippen LogP contribution is 2.29. The predicted molar refractivity (Wildman–Crippen MR) is 106 cm³/mol. The Morgan fingerprint density at radius 3 is 2.52 bits per heavy atom. The van der Waals surface area contributed by atoms with Gasteiger partial charge in [-0.15, -0.1) is 0 Å². The van der Waals surface area contributed by atoms with Crippen molar-refractivity contribution in [3.63, 3.8) is 0 Å². The average molecular weight is 434 g/mol. The number of hydrogen-bond acceptors (Lipinski definition) is 5. The normalized spacial score (nSPS) is 16.6. The summed E-state index contributed by atoms with van der Waals surface area (Å²) in [6.07, 6.45) is 1.55. The quantitative estimate of drug-likeness (QED) is 0.718. The second-order valence-corrected chi connectivity index (χ2v) is 9.04. The molecule has 2 aromatic carbocycles. The molecule has 4 rings (SSSR count). The Hall–Kier alpha value is -2.75. The summed E-state index contributed by atoms with van der Waals surface area (Å²) in [5.74, 6) is -1.76. The molecule has 0 atom stereocenters. The van der Waals surface area contributed by atoms with Gasteiger partial charge < -0.3 is 5.32 Å². The Labute approximate surface area is 171 Å². The molecule has 0 saturated carbocycles. The van der Waals surface area contributed by atoms with Crippen molar-refractivity contribution >= 4 is 45.0 Å². The first kappa shape index (κ1) is 19.6. The molecule has 0 bridgehead atoms. The fourth-order valence-electron chi connectivity index (χ4n) is 3.43. The molecule has 2 aromatic rings. The maximum absolute atomic E-state index is 12.8. The molecular weight excluding hydrogens is 418 g/mol. The molecule has 8 nitrogen and oxygen atoms in total. The van der Waals surface area contributed by atoms with E-state index in [9.17, 15) is 22.8 Å². The van der Waals surface area contributed by atoms with Crippen molar-refractivity contribution in [2.75, 3.05) is 18.4 Å². The monoisotopic (exact) mass is 433 g/mol. The van der Waals surface area contributed by atoms with E-state index in [-0.39, 0.29) is 32.3 Å². The van der Waals surface area contributed by atoms with E-state index in [1.807, 2.05) is 0 Å². The van der Waals surface area contributed by atoms with E-state index in [0.29, 0.717) is 13.1 Å². The Morgan fingerprint density at radius 1 is 1.07 bits per heavy atom. The highest BCUT2D eigenvalue weighted by atomic mass is 35.5. The Balaban J connectivity index is 1.66. The first-order valence-electron chi connectivity index (χ1n) is 8.89. The van der Waals surface area contributed by atoms with Crippen LogP contribution in [0.25, 0.3) is 0 Å². The lowest BCUT2D eigenvalue weighted by Crippen LogP contribution is -2.28. The Morgan fingerprint density at radius 2 is 1.79 bits per heavy atom. The van der Waals surface area contributed by atoms with Gasteiger partial charge in [0.25, 0.3) is 17.7 Å². The van der Waals surface area contributed by atoms with Crippen LogP contribution in [0.2, 0.25) is 5.02 Å². The first-order chi connectivity index (χ1) is 13.8. The van der Waals surface area contributed by atoms with Gasteiger partial charge in [-0.05, 0) is 43.2 Å². The third-order valence-corrected chi connectivity index (χ3v) is 7.27. The molecule has 2 aliphatic heterocycles. The van der Waals surface area contributed by atoms with Crippen LogP contribution in [0.1, 0.15) is 43.9 Å². The van der Waals surface area contributed by atoms with Crippen LogP contribution in [-0.2, 0) is 10.0 Å². The number of rotatable bonds is 4. The zero-order valence-electron chi connectivity index (χ0n) is 15.1. The number of halogens is 1. The van der Waals surface area contributed by atoms with Crippen LogP contribution >= 0.6 is 11.6 Å². The number of carbonyl (C=O) groups excluding carboxylic acids is 3. The third-order valence-electron chi connectivity index (χ3n) is 4.89. The van der Waals surface area contributed by atoms with Crippen LogP contribution in [0.15, 0.2) is 41.3 Å². The summed E-state index contributed by atoms with van der Waals surface area (Å²) >= 11 is 6.11. The Kier molecular flexibility index (Phi) is 4.89. The van der Waals surface area contributed by atoms with Crippen molar-refractivity contribution in [1.29, 1.82) is 0 Å². The number of imide groups is 1. The van der Waals surface area contributed by atoms with Gasteiger partial charge in [0.15, 0.2) is 0 Å². The SMILES string of the molecule is O=C(Nc1cccc2c1C(=O)NC2=O)c1ccc(Cl)c(S(=O)(=O)N2CCCC2)c1. The molecule has 2 N–H and O–H groups in total. The maximum atomic E-state index is 12.8. The van der Waals surface area contributed by atoms with Gasteiger partial charge in [0.1, 0.15) is 4.90 Å². The number of amides is 3. The molecule has 0 aliphatic carbocycles. The van der Waals surface area contributed by atoms with Crippen molar-refractivity contribution in [3.05, 3.63) is 58.1 Å². The van der Waals surface area contributed by atoms with Gasteiger partial charge in [-0.1, -0.05) is 17.7 Å². The molecule has 0 radical (unpaired) electrons. The molecule has 1 saturated heterocycles. The molecule has 150 valence electrons. The fourth-order valence-corrected chi connectivity index (χ4v) is 5.45. The van der Waals surface area contributed by atoms with Gasteiger partial charge in [0.05, 0.1) is 21.8 Å². The van der Waals surface area contributed by atoms with Crippen LogP contribution in [0, 0.1) is 0 Å². The zero-order chi connectivity index (χ0) is 20.8. The summed E-state index contributed by atoms with van der Waals surface area (Å²) < 4.78 is 27.0. The molecule has 3 amide bonds. The highest BCUT2D eigenvalue weighted by Gasteiger charge is 2.31. The number of nitrogens with zero attached hydrogens (tertiary/aromatic N) is 1. The molecule has 0 spiro atoms. The van der Waals surface area contributed by atoms with Gasteiger partial charge in [-0.3, -0.25) is 19.7 Å². The molecule has 0 unspecified atom stereocenters. The van der Waals surface area contributed by atoms with E-state index in [4.69, 9.17) is 11.6 Å². The standard InChI is InChI=1S/C19H16ClN3O5S/c20-13-7-6-11(10-15(13)29(27,28)23-8-1-2-9-23)17(24)21-14-5-3-4-12-16(14)19(26)22-18(12)25/h3-7,10H,1-2,8-9H2,(H,21,24)(H,22,25,26). The van der Waals surface area contributed by atoms with E-state index >= 15 is 0 Å². The Bertz CT molecular complexity index is 1160. The van der Waals surface area contributed by atoms with Crippen LogP contribution < -0.4 is 10.6 Å². The summed E-state index contributed by atoms with van der Waals surface area (Å²) in [4.78, 5) is 36.4. The van der Waals surface area contributed by atoms with Gasteiger partial charge >= 0.3 is 0 Å². The smallest absolute Gasteiger partial charge is 0.261 e. The predicted octanol–water partition coefficient (Wildman–Crippen LogP) is 2.26. The van der Waals surface area contributed by atoms with Gasteiger partial charge in [-0.2, -0.15) is 4.31 Å². The van der Waals surface area contributed by atoms with Gasteiger partial charge in [0.2, 0.25) is 10.0 Å². The summed E-state index contributed by atoms with van der Waals surface area (Å²) in [5, 5.41) is 4.77. The highest BCUT2D eigenvalue weighted by molar-refractivity contribution is 7.89. The van der Waals surface area contributed by atoms with Crippen molar-refractivity contribution in [2.24, 2.45) is 0 Å². The minimum Gasteiger partial charge on any atom is -0.321 e. The largest absolute Gasteiger partial charge is 0.321 e. The molecule has 29 heavy (non-hydrogen) atoms. The molecular formula is C19H16ClN3O5S. The summed E-state index contributed by atoms with van der Waals surface area (Å²) in [6.45, 7) is 0.822. The van der Waals surface area contributed by atoms with E-state index in [0.717, 1.165) is 12.8 Å². The molecule has 2 aliphatic rings. The van der Waals surface area contributed by atoms with Crippen LogP contribution in [0.5, 0.6) is 0 Å². The summed E-state index contributed by atoms with van der Waals surface area (Å²) in [6, 6.07) is 8.48. The van der Waals surface area contributed by atoms with Crippen molar-refractivity contribution < 1.29 is 22.8 Å². The van der Waals surface area contributed by atoms with Gasteiger partial charge in [-0.25, -0.2) is 8.42 Å². The fraction of sp³-hybridized carbons (Fsp3) is 0.211. The first-order valence-corrected chi connectivity index (χ1v) is 10.7. The van der Waals surface area contributed by atoms with E-state index in [1.165, 1.54) is 40.7 Å². The lowest BCUT2D eigenvalue weighted by molar-refractivity contribution is 0.0879. The summed E-state index contributed by atoms with van der Waals surface area (Å²) in [5.41, 5.74) is 0.468. The number of carbonyl (C=O) groups is 3. The maximum Gasteiger partial charge on any atom is 0.261 e. The number of sulfonamides is 1. The lowest BCUT2D eigenvalue weighted by Gasteiger charge is -2.17. The minimum atomic E-state index is -3.81. The molecule has 10 heteroatoms. The topological polar surface area (TPSA) is 113 Å². The van der Waals surface area contributed by atoms with Gasteiger partial charge in [0, 0.05) is 18.7 Å².